The summed E-state index contributed by atoms with van der Waals surface area (Å²) in [6.45, 7) is 8.58. The lowest BCUT2D eigenvalue weighted by atomic mass is 9.81. The van der Waals surface area contributed by atoms with Crippen molar-refractivity contribution in [3.63, 3.8) is 0 Å². The molecular formula is C31H34N6O4. The Hall–Kier alpha value is -4.60. The first-order valence-corrected chi connectivity index (χ1v) is 13.7. The highest BCUT2D eigenvalue weighted by Gasteiger charge is 2.30. The number of hydrogen-bond donors (Lipinski definition) is 2. The highest BCUT2D eigenvalue weighted by molar-refractivity contribution is 5.91. The standard InChI is InChI=1S/C31H34N6O4/c1-20-33-26-18-32-13-10-27(26)37(20)19-21-11-14-36(15-12-21)29(39)17-31(2,3)22-4-6-23(7-5-22)34-35-24-8-9-28(38)25(16-24)30(40)41/h4-10,13,16,18,21,38H,11-12,14-15,17,19H2,1-3H3,(H,40,41). The summed E-state index contributed by atoms with van der Waals surface area (Å²) in [6.07, 6.45) is 5.94. The number of piperidine rings is 1. The zero-order chi connectivity index (χ0) is 29.1. The largest absolute Gasteiger partial charge is 0.507 e. The molecule has 1 saturated heterocycles. The number of hydrogen-bond acceptors (Lipinski definition) is 7. The summed E-state index contributed by atoms with van der Waals surface area (Å²) in [5.74, 6) is 0.0948. The first-order valence-electron chi connectivity index (χ1n) is 13.7. The summed E-state index contributed by atoms with van der Waals surface area (Å²) in [7, 11) is 0. The van der Waals surface area contributed by atoms with Crippen molar-refractivity contribution in [3.05, 3.63) is 77.9 Å². The third kappa shape index (κ3) is 6.26. The van der Waals surface area contributed by atoms with Crippen molar-refractivity contribution in [1.82, 2.24) is 19.4 Å². The van der Waals surface area contributed by atoms with Gasteiger partial charge in [0.05, 0.1) is 23.1 Å². The number of aryl methyl sites for hydroxylation is 1. The third-order valence-corrected chi connectivity index (χ3v) is 7.88. The van der Waals surface area contributed by atoms with Gasteiger partial charge in [0.15, 0.2) is 0 Å². The van der Waals surface area contributed by atoms with Crippen molar-refractivity contribution < 1.29 is 19.8 Å². The summed E-state index contributed by atoms with van der Waals surface area (Å²) < 4.78 is 2.27. The van der Waals surface area contributed by atoms with Gasteiger partial charge in [-0.25, -0.2) is 9.78 Å². The second-order valence-corrected chi connectivity index (χ2v) is 11.3. The first-order chi connectivity index (χ1) is 19.6. The summed E-state index contributed by atoms with van der Waals surface area (Å²) in [4.78, 5) is 35.3. The van der Waals surface area contributed by atoms with E-state index in [0.29, 0.717) is 23.7 Å². The predicted octanol–water partition coefficient (Wildman–Crippen LogP) is 6.17. The normalized spacial score (nSPS) is 14.7. The molecule has 0 radical (unpaired) electrons. The number of nitrogens with zero attached hydrogens (tertiary/aromatic N) is 6. The van der Waals surface area contributed by atoms with E-state index in [4.69, 9.17) is 5.11 Å². The number of azo groups is 1. The smallest absolute Gasteiger partial charge is 0.339 e. The fourth-order valence-corrected chi connectivity index (χ4v) is 5.40. The topological polar surface area (TPSA) is 133 Å². The molecule has 0 atom stereocenters. The second-order valence-electron chi connectivity index (χ2n) is 11.3. The Morgan fingerprint density at radius 3 is 2.41 bits per heavy atom. The molecule has 1 aliphatic rings. The van der Waals surface area contributed by atoms with Gasteiger partial charge < -0.3 is 19.7 Å². The van der Waals surface area contributed by atoms with E-state index in [1.807, 2.05) is 42.2 Å². The minimum Gasteiger partial charge on any atom is -0.507 e. The molecule has 0 bridgehead atoms. The van der Waals surface area contributed by atoms with Crippen LogP contribution >= 0.6 is 0 Å². The Balaban J connectivity index is 1.16. The average Bonchev–Trinajstić information content (AvgIpc) is 3.27. The summed E-state index contributed by atoms with van der Waals surface area (Å²) in [5, 5.41) is 27.1. The lowest BCUT2D eigenvalue weighted by Gasteiger charge is -2.35. The van der Waals surface area contributed by atoms with E-state index in [-0.39, 0.29) is 22.6 Å². The molecule has 1 aliphatic heterocycles. The number of likely N-dealkylation sites (tertiary alicyclic amines) is 1. The summed E-state index contributed by atoms with van der Waals surface area (Å²) in [6, 6.07) is 13.6. The monoisotopic (exact) mass is 554 g/mol. The number of aromatic carboxylic acids is 1. The molecule has 2 aromatic carbocycles. The van der Waals surface area contributed by atoms with Crippen LogP contribution in [0.1, 0.15) is 54.9 Å². The van der Waals surface area contributed by atoms with Crippen molar-refractivity contribution in [2.75, 3.05) is 13.1 Å². The number of pyridine rings is 1. The maximum Gasteiger partial charge on any atom is 0.339 e. The van der Waals surface area contributed by atoms with Crippen LogP contribution in [-0.4, -0.2) is 54.6 Å². The zero-order valence-corrected chi connectivity index (χ0v) is 23.5. The Morgan fingerprint density at radius 1 is 1.02 bits per heavy atom. The number of aromatic hydroxyl groups is 1. The number of benzene rings is 2. The number of imidazole rings is 1. The van der Waals surface area contributed by atoms with E-state index in [0.717, 1.165) is 54.9 Å². The molecule has 10 nitrogen and oxygen atoms in total. The number of carbonyl (C=O) groups is 2. The van der Waals surface area contributed by atoms with E-state index in [1.54, 1.807) is 12.4 Å². The average molecular weight is 555 g/mol. The molecule has 2 N–H and O–H groups in total. The maximum atomic E-state index is 13.3. The van der Waals surface area contributed by atoms with Gasteiger partial charge in [0.25, 0.3) is 0 Å². The molecule has 5 rings (SSSR count). The number of amides is 1. The van der Waals surface area contributed by atoms with Crippen LogP contribution in [0.25, 0.3) is 11.0 Å². The van der Waals surface area contributed by atoms with Crippen LogP contribution in [0, 0.1) is 12.8 Å². The van der Waals surface area contributed by atoms with E-state index >= 15 is 0 Å². The van der Waals surface area contributed by atoms with E-state index in [2.05, 4.69) is 38.6 Å². The summed E-state index contributed by atoms with van der Waals surface area (Å²) >= 11 is 0. The van der Waals surface area contributed by atoms with Gasteiger partial charge in [0.1, 0.15) is 22.7 Å². The highest BCUT2D eigenvalue weighted by atomic mass is 16.4. The molecule has 212 valence electrons. The number of aromatic nitrogens is 3. The molecule has 41 heavy (non-hydrogen) atoms. The molecule has 3 heterocycles. The molecule has 0 aliphatic carbocycles. The van der Waals surface area contributed by atoms with Crippen molar-refractivity contribution >= 4 is 34.3 Å². The summed E-state index contributed by atoms with van der Waals surface area (Å²) in [5.41, 5.74) is 3.38. The SMILES string of the molecule is Cc1nc2cnccc2n1CC1CCN(C(=O)CC(C)(C)c2ccc(N=Nc3ccc(O)c(C(=O)O)c3)cc2)CC1. The Kier molecular flexibility index (Phi) is 7.83. The van der Waals surface area contributed by atoms with Crippen molar-refractivity contribution in [3.8, 4) is 5.75 Å². The van der Waals surface area contributed by atoms with Gasteiger partial charge in [-0.15, -0.1) is 0 Å². The van der Waals surface area contributed by atoms with Crippen molar-refractivity contribution in [1.29, 1.82) is 0 Å². The number of carboxylic acids is 1. The fraction of sp³-hybridized carbons (Fsp3) is 0.355. The van der Waals surface area contributed by atoms with Crippen LogP contribution < -0.4 is 0 Å². The molecule has 4 aromatic rings. The van der Waals surface area contributed by atoms with Gasteiger partial charge in [0, 0.05) is 32.3 Å². The van der Waals surface area contributed by atoms with Crippen LogP contribution in [0.15, 0.2) is 71.2 Å². The molecule has 10 heteroatoms. The second kappa shape index (κ2) is 11.5. The number of carboxylic acid groups (broad SMARTS) is 1. The molecule has 0 unspecified atom stereocenters. The van der Waals surface area contributed by atoms with Gasteiger partial charge in [0.2, 0.25) is 5.91 Å². The molecule has 2 aromatic heterocycles. The number of fused-ring (bicyclic) bond motifs is 1. The van der Waals surface area contributed by atoms with E-state index < -0.39 is 5.97 Å². The van der Waals surface area contributed by atoms with E-state index in [9.17, 15) is 14.7 Å². The first kappa shape index (κ1) is 27.9. The zero-order valence-electron chi connectivity index (χ0n) is 23.5. The Bertz CT molecular complexity index is 1600. The van der Waals surface area contributed by atoms with Crippen LogP contribution in [-0.2, 0) is 16.8 Å². The molecular weight excluding hydrogens is 520 g/mol. The minimum absolute atomic E-state index is 0.161. The van der Waals surface area contributed by atoms with Gasteiger partial charge in [-0.05, 0) is 73.1 Å². The van der Waals surface area contributed by atoms with Crippen molar-refractivity contribution in [2.24, 2.45) is 16.1 Å². The predicted molar refractivity (Wildman–Crippen MR) is 155 cm³/mol. The van der Waals surface area contributed by atoms with Gasteiger partial charge in [-0.1, -0.05) is 26.0 Å². The number of carbonyl (C=O) groups excluding carboxylic acids is 1. The Labute approximate surface area is 238 Å². The number of rotatable bonds is 8. The molecule has 0 spiro atoms. The van der Waals surface area contributed by atoms with Crippen LogP contribution in [0.4, 0.5) is 11.4 Å². The number of phenols is 1. The minimum atomic E-state index is -1.23. The quantitative estimate of drug-likeness (QED) is 0.250. The van der Waals surface area contributed by atoms with Gasteiger partial charge >= 0.3 is 5.97 Å². The molecule has 1 amide bonds. The molecule has 0 saturated carbocycles. The van der Waals surface area contributed by atoms with Crippen LogP contribution in [0.2, 0.25) is 0 Å². The van der Waals surface area contributed by atoms with Gasteiger partial charge in [-0.2, -0.15) is 10.2 Å². The molecule has 1 fully saturated rings. The van der Waals surface area contributed by atoms with Crippen molar-refractivity contribution in [2.45, 2.75) is 52.0 Å². The Morgan fingerprint density at radius 2 is 1.71 bits per heavy atom. The lowest BCUT2D eigenvalue weighted by Crippen LogP contribution is -2.41. The van der Waals surface area contributed by atoms with E-state index in [1.165, 1.54) is 18.2 Å². The fourth-order valence-electron chi connectivity index (χ4n) is 5.40. The highest BCUT2D eigenvalue weighted by Crippen LogP contribution is 2.32. The maximum absolute atomic E-state index is 13.3. The van der Waals surface area contributed by atoms with Crippen LogP contribution in [0.5, 0.6) is 5.75 Å². The lowest BCUT2D eigenvalue weighted by molar-refractivity contribution is -0.133. The van der Waals surface area contributed by atoms with Crippen LogP contribution in [0.3, 0.4) is 0 Å². The van der Waals surface area contributed by atoms with Gasteiger partial charge in [-0.3, -0.25) is 9.78 Å². The third-order valence-electron chi connectivity index (χ3n) is 7.88.